The van der Waals surface area contributed by atoms with E-state index in [1.807, 2.05) is 0 Å². The van der Waals surface area contributed by atoms with E-state index in [0.717, 1.165) is 0 Å². The number of benzene rings is 2. The number of alkyl halides is 4. The van der Waals surface area contributed by atoms with Crippen LogP contribution in [0.1, 0.15) is 24.0 Å². The van der Waals surface area contributed by atoms with Crippen LogP contribution in [0.2, 0.25) is 0 Å². The second-order valence-electron chi connectivity index (χ2n) is 10.9. The van der Waals surface area contributed by atoms with E-state index in [0.29, 0.717) is 58.3 Å². The minimum absolute atomic E-state index is 0.0352. The number of carbonyl (C=O) groups is 2. The van der Waals surface area contributed by atoms with E-state index >= 15 is 0 Å². The molecule has 4 N–H and O–H groups in total. The van der Waals surface area contributed by atoms with Gasteiger partial charge in [-0.25, -0.2) is 9.98 Å². The number of halogens is 4. The molecule has 0 fully saturated rings. The molecule has 48 heavy (non-hydrogen) atoms. The molecule has 2 amide bonds. The molecule has 6 aliphatic rings. The van der Waals surface area contributed by atoms with Crippen molar-refractivity contribution < 1.29 is 51.0 Å². The minimum atomic E-state index is -3.70. The molecule has 2 aliphatic carbocycles. The highest BCUT2D eigenvalue weighted by Crippen LogP contribution is 2.47. The summed E-state index contributed by atoms with van der Waals surface area (Å²) in [6, 6.07) is 5.52. The quantitative estimate of drug-likeness (QED) is 0.246. The smallest absolute Gasteiger partial charge is 0.399 e. The Labute approximate surface area is 266 Å². The number of aliphatic imine (C=N–C) groups is 2. The van der Waals surface area contributed by atoms with Crippen LogP contribution in [0.25, 0.3) is 0 Å². The number of nitrogens with one attached hydrogen (secondary N) is 2. The number of ether oxygens (including phenoxy) is 4. The second kappa shape index (κ2) is 11.0. The van der Waals surface area contributed by atoms with Gasteiger partial charge in [0, 0.05) is 54.3 Å². The van der Waals surface area contributed by atoms with Crippen molar-refractivity contribution in [3.63, 3.8) is 0 Å². The van der Waals surface area contributed by atoms with Gasteiger partial charge in [0.15, 0.2) is 23.0 Å². The lowest BCUT2D eigenvalue weighted by Gasteiger charge is -2.05. The van der Waals surface area contributed by atoms with E-state index in [9.17, 15) is 37.3 Å². The minimum Gasteiger partial charge on any atom is -0.399 e. The fourth-order valence-corrected chi connectivity index (χ4v) is 5.35. The van der Waals surface area contributed by atoms with Crippen molar-refractivity contribution in [2.75, 3.05) is 0 Å². The summed E-state index contributed by atoms with van der Waals surface area (Å²) < 4.78 is 69.6. The molecule has 4 heterocycles. The van der Waals surface area contributed by atoms with Gasteiger partial charge in [0.2, 0.25) is 0 Å². The van der Waals surface area contributed by atoms with E-state index in [1.165, 1.54) is 36.4 Å². The average Bonchev–Trinajstić information content (AvgIpc) is 3.82. The molecule has 0 bridgehead atoms. The number of nitro groups is 1. The monoisotopic (exact) mass is 668 g/mol. The Bertz CT molecular complexity index is 2030. The molecule has 2 aromatic rings. The molecule has 14 nitrogen and oxygen atoms in total. The van der Waals surface area contributed by atoms with E-state index in [4.69, 9.17) is 5.73 Å². The van der Waals surface area contributed by atoms with Gasteiger partial charge < -0.3 is 35.3 Å². The molecular formula is C30H20F4N6O8. The van der Waals surface area contributed by atoms with E-state index < -0.39 is 23.4 Å². The number of hydrogen-bond donors (Lipinski definition) is 3. The zero-order chi connectivity index (χ0) is 34.0. The molecule has 0 spiro atoms. The zero-order valence-corrected chi connectivity index (χ0v) is 24.1. The first-order chi connectivity index (χ1) is 22.7. The third kappa shape index (κ3) is 6.02. The van der Waals surface area contributed by atoms with Crippen LogP contribution in [-0.4, -0.2) is 41.0 Å². The number of rotatable bonds is 3. The highest BCUT2D eigenvalue weighted by atomic mass is 19.3. The van der Waals surface area contributed by atoms with Crippen LogP contribution >= 0.6 is 0 Å². The largest absolute Gasteiger partial charge is 0.586 e. The predicted octanol–water partition coefficient (Wildman–Crippen LogP) is 4.08. The maximum absolute atomic E-state index is 13.0. The van der Waals surface area contributed by atoms with Crippen molar-refractivity contribution in [3.05, 3.63) is 92.4 Å². The third-order valence-electron chi connectivity index (χ3n) is 7.49. The first kappa shape index (κ1) is 30.5. The number of carbonyl (C=O) groups excluding carboxylic acids is 2. The van der Waals surface area contributed by atoms with Crippen molar-refractivity contribution in [2.45, 2.75) is 38.3 Å². The lowest BCUT2D eigenvalue weighted by Crippen LogP contribution is -2.31. The van der Waals surface area contributed by atoms with Gasteiger partial charge in [0.05, 0.1) is 16.3 Å². The van der Waals surface area contributed by atoms with E-state index in [2.05, 4.69) is 39.6 Å². The fraction of sp³-hybridized carbons (Fsp3) is 0.200. The Morgan fingerprint density at radius 2 is 1.19 bits per heavy atom. The average molecular weight is 669 g/mol. The Morgan fingerprint density at radius 3 is 1.60 bits per heavy atom. The molecule has 0 aromatic heterocycles. The summed E-state index contributed by atoms with van der Waals surface area (Å²) in [5.41, 5.74) is 8.96. The van der Waals surface area contributed by atoms with Gasteiger partial charge in [0.1, 0.15) is 11.7 Å². The fourth-order valence-electron chi connectivity index (χ4n) is 5.35. The number of nitrogens with zero attached hydrogens (tertiary/aromatic N) is 3. The number of fused-ring (bicyclic) bond motifs is 4. The Kier molecular flexibility index (Phi) is 6.95. The van der Waals surface area contributed by atoms with Crippen LogP contribution in [0.15, 0.2) is 81.1 Å². The summed E-state index contributed by atoms with van der Waals surface area (Å²) in [5.74, 6) is -0.348. The van der Waals surface area contributed by atoms with Crippen LogP contribution in [0.4, 0.5) is 28.9 Å². The Balaban J connectivity index is 0.000000152. The summed E-state index contributed by atoms with van der Waals surface area (Å²) in [7, 11) is 0. The van der Waals surface area contributed by atoms with Crippen molar-refractivity contribution in [3.8, 4) is 23.0 Å². The number of nitrogens with two attached hydrogens (primary N) is 1. The van der Waals surface area contributed by atoms with Crippen LogP contribution < -0.4 is 35.3 Å². The van der Waals surface area contributed by atoms with Crippen molar-refractivity contribution in [1.82, 2.24) is 10.6 Å². The van der Waals surface area contributed by atoms with Crippen molar-refractivity contribution in [1.29, 1.82) is 0 Å². The highest BCUT2D eigenvalue weighted by molar-refractivity contribution is 6.10. The Hall–Kier alpha value is -6.20. The summed E-state index contributed by atoms with van der Waals surface area (Å²) >= 11 is 0. The lowest BCUT2D eigenvalue weighted by atomic mass is 10.1. The maximum atomic E-state index is 13.0. The second-order valence-corrected chi connectivity index (χ2v) is 10.9. The standard InChI is InChI=1S/C15H9F2N3O5.C15H11F2N3O3/c16-15(17)24-11-4-8-5-13(18-10(8)6-12(11)25-15)19-14(21)7-1-2-9(3-7)20(22)23;16-15(17)22-11-4-8-5-13(19-10(8)6-12(11)23-15)20-14(21)7-1-2-9(18)3-7/h2-4,6H,1,5H2,(H,18,19,21);2-4,6H,1,5,18H2,(H,19,20,21). The highest BCUT2D eigenvalue weighted by Gasteiger charge is 2.45. The molecule has 8 rings (SSSR count). The molecule has 18 heteroatoms. The van der Waals surface area contributed by atoms with Gasteiger partial charge in [0.25, 0.3) is 17.5 Å². The summed E-state index contributed by atoms with van der Waals surface area (Å²) in [5, 5.41) is 15.9. The number of amides is 2. The molecule has 0 saturated carbocycles. The number of amidine groups is 2. The van der Waals surface area contributed by atoms with Crippen LogP contribution in [0.3, 0.4) is 0 Å². The molecule has 4 aliphatic heterocycles. The molecule has 0 radical (unpaired) electrons. The van der Waals surface area contributed by atoms with Gasteiger partial charge >= 0.3 is 12.6 Å². The van der Waals surface area contributed by atoms with Gasteiger partial charge in [-0.2, -0.15) is 0 Å². The molecule has 0 unspecified atom stereocenters. The summed E-state index contributed by atoms with van der Waals surface area (Å²) in [6.45, 7) is 0. The van der Waals surface area contributed by atoms with Crippen LogP contribution in [-0.2, 0) is 22.4 Å². The first-order valence-corrected chi connectivity index (χ1v) is 14.0. The number of allylic oxidation sites excluding steroid dienone is 4. The van der Waals surface area contributed by atoms with Gasteiger partial charge in [-0.1, -0.05) is 6.08 Å². The summed E-state index contributed by atoms with van der Waals surface area (Å²) in [6.07, 6.45) is -0.275. The molecule has 0 saturated heterocycles. The number of hydrogen-bond acceptors (Lipinski definition) is 11. The molecule has 246 valence electrons. The topological polar surface area (TPSA) is 189 Å². The van der Waals surface area contributed by atoms with E-state index in [1.54, 1.807) is 12.2 Å². The molecule has 0 atom stereocenters. The van der Waals surface area contributed by atoms with Crippen molar-refractivity contribution >= 4 is 34.9 Å². The maximum Gasteiger partial charge on any atom is 0.586 e. The van der Waals surface area contributed by atoms with Crippen LogP contribution in [0.5, 0.6) is 23.0 Å². The third-order valence-corrected chi connectivity index (χ3v) is 7.49. The SMILES string of the molecule is NC1=CCC(C(=O)NC2=Nc3cc4c(cc3C2)OC(F)(F)O4)=C1.O=C(NC1=Nc2cc3c(cc2C1)OC(F)(F)O3)C1=CC([N+](=O)[O-])=CC1. The van der Waals surface area contributed by atoms with Gasteiger partial charge in [-0.05, 0) is 41.8 Å². The molecule has 2 aromatic carbocycles. The zero-order valence-electron chi connectivity index (χ0n) is 24.1. The van der Waals surface area contributed by atoms with Crippen LogP contribution in [0, 0.1) is 10.1 Å². The van der Waals surface area contributed by atoms with Crippen molar-refractivity contribution in [2.24, 2.45) is 15.7 Å². The van der Waals surface area contributed by atoms with E-state index in [-0.39, 0.29) is 53.0 Å². The van der Waals surface area contributed by atoms with Gasteiger partial charge in [-0.15, -0.1) is 17.6 Å². The van der Waals surface area contributed by atoms with Gasteiger partial charge in [-0.3, -0.25) is 19.7 Å². The molecular weight excluding hydrogens is 648 g/mol. The normalized spacial score (nSPS) is 19.4. The predicted molar refractivity (Wildman–Crippen MR) is 156 cm³/mol. The Morgan fingerprint density at radius 1 is 0.750 bits per heavy atom. The lowest BCUT2D eigenvalue weighted by molar-refractivity contribution is -0.418. The first-order valence-electron chi connectivity index (χ1n) is 14.0. The summed E-state index contributed by atoms with van der Waals surface area (Å²) in [4.78, 5) is 42.7.